The maximum absolute atomic E-state index is 10.3. The minimum absolute atomic E-state index is 0.557. The zero-order chi connectivity index (χ0) is 12.6. The third-order valence-corrected chi connectivity index (χ3v) is 4.02. The van der Waals surface area contributed by atoms with Gasteiger partial charge in [0.15, 0.2) is 0 Å². The summed E-state index contributed by atoms with van der Waals surface area (Å²) >= 11 is 4.66. The number of hydrogen-bond acceptors (Lipinski definition) is 5. The second-order valence-electron chi connectivity index (χ2n) is 3.54. The van der Waals surface area contributed by atoms with Crippen molar-refractivity contribution >= 4 is 27.3 Å². The molecule has 0 aromatic carbocycles. The Balaban J connectivity index is 2.46. The van der Waals surface area contributed by atoms with Crippen molar-refractivity contribution in [2.45, 2.75) is 13.0 Å². The van der Waals surface area contributed by atoms with E-state index in [4.69, 9.17) is 4.74 Å². The van der Waals surface area contributed by atoms with E-state index in [2.05, 4.69) is 26.0 Å². The van der Waals surface area contributed by atoms with Crippen molar-refractivity contribution in [3.63, 3.8) is 0 Å². The summed E-state index contributed by atoms with van der Waals surface area (Å²) in [7, 11) is 3.34. The Bertz CT molecular complexity index is 538. The van der Waals surface area contributed by atoms with Gasteiger partial charge in [0, 0.05) is 12.4 Å². The van der Waals surface area contributed by atoms with Crippen molar-refractivity contribution in [2.75, 3.05) is 7.11 Å². The number of rotatable bonds is 3. The molecule has 0 aliphatic rings. The van der Waals surface area contributed by atoms with Crippen LogP contribution in [0, 0.1) is 6.92 Å². The van der Waals surface area contributed by atoms with Gasteiger partial charge in [-0.05, 0) is 22.9 Å². The largest absolute Gasteiger partial charge is 0.481 e. The Morgan fingerprint density at radius 3 is 2.82 bits per heavy atom. The number of halogens is 1. The number of thiazole rings is 1. The third kappa shape index (κ3) is 2.22. The van der Waals surface area contributed by atoms with Gasteiger partial charge in [0.25, 0.3) is 0 Å². The summed E-state index contributed by atoms with van der Waals surface area (Å²) in [5, 5.41) is 17.0. The molecule has 2 rings (SSSR count). The van der Waals surface area contributed by atoms with Gasteiger partial charge in [-0.3, -0.25) is 0 Å². The lowest BCUT2D eigenvalue weighted by atomic mass is 10.1. The third-order valence-electron chi connectivity index (χ3n) is 2.41. The monoisotopic (exact) mass is 317 g/mol. The van der Waals surface area contributed by atoms with E-state index in [0.717, 1.165) is 10.3 Å². The molecule has 1 N–H and O–H groups in total. The van der Waals surface area contributed by atoms with Crippen molar-refractivity contribution in [1.29, 1.82) is 0 Å². The predicted octanol–water partition coefficient (Wildman–Crippen LogP) is 2.04. The summed E-state index contributed by atoms with van der Waals surface area (Å²) in [6, 6.07) is 0. The van der Waals surface area contributed by atoms with Gasteiger partial charge in [0.1, 0.15) is 15.7 Å². The molecule has 17 heavy (non-hydrogen) atoms. The maximum Gasteiger partial charge on any atom is 0.217 e. The Morgan fingerprint density at radius 2 is 2.29 bits per heavy atom. The summed E-state index contributed by atoms with van der Waals surface area (Å²) < 4.78 is 7.58. The highest BCUT2D eigenvalue weighted by atomic mass is 79.9. The molecule has 5 nitrogen and oxygen atoms in total. The van der Waals surface area contributed by atoms with Crippen LogP contribution in [0.15, 0.2) is 9.98 Å². The van der Waals surface area contributed by atoms with Crippen LogP contribution in [0.1, 0.15) is 22.4 Å². The van der Waals surface area contributed by atoms with Crippen LogP contribution < -0.4 is 4.74 Å². The molecule has 0 bridgehead atoms. The van der Waals surface area contributed by atoms with Crippen molar-refractivity contribution in [3.05, 3.63) is 26.2 Å². The van der Waals surface area contributed by atoms with Gasteiger partial charge in [-0.2, -0.15) is 5.10 Å². The second-order valence-corrected chi connectivity index (χ2v) is 5.25. The molecule has 0 saturated carbocycles. The fourth-order valence-electron chi connectivity index (χ4n) is 1.73. The fraction of sp³-hybridized carbons (Fsp3) is 0.400. The summed E-state index contributed by atoms with van der Waals surface area (Å²) in [6.45, 7) is 1.84. The molecule has 1 unspecified atom stereocenters. The van der Waals surface area contributed by atoms with E-state index in [-0.39, 0.29) is 0 Å². The van der Waals surface area contributed by atoms with Gasteiger partial charge < -0.3 is 9.84 Å². The lowest BCUT2D eigenvalue weighted by molar-refractivity contribution is 0.212. The van der Waals surface area contributed by atoms with Gasteiger partial charge in [0.2, 0.25) is 5.88 Å². The first-order valence-corrected chi connectivity index (χ1v) is 6.58. The first-order chi connectivity index (χ1) is 8.04. The number of hydrogen-bond donors (Lipinski definition) is 1. The van der Waals surface area contributed by atoms with E-state index >= 15 is 0 Å². The van der Waals surface area contributed by atoms with E-state index in [1.54, 1.807) is 18.8 Å². The molecule has 92 valence electrons. The molecule has 1 atom stereocenters. The highest BCUT2D eigenvalue weighted by Gasteiger charge is 2.24. The van der Waals surface area contributed by atoms with Crippen molar-refractivity contribution in [3.8, 4) is 5.88 Å². The second kappa shape index (κ2) is 4.75. The Labute approximate surface area is 111 Å². The lowest BCUT2D eigenvalue weighted by Crippen LogP contribution is -2.03. The average molecular weight is 318 g/mol. The van der Waals surface area contributed by atoms with E-state index in [1.807, 2.05) is 12.3 Å². The molecule has 0 saturated heterocycles. The molecule has 0 fully saturated rings. The van der Waals surface area contributed by atoms with Crippen molar-refractivity contribution < 1.29 is 9.84 Å². The van der Waals surface area contributed by atoms with Crippen LogP contribution in [0.25, 0.3) is 0 Å². The number of aliphatic hydroxyl groups is 1. The van der Waals surface area contributed by atoms with Gasteiger partial charge >= 0.3 is 0 Å². The molecular formula is C10H12BrN3O2S. The Kier molecular flexibility index (Phi) is 3.50. The molecular weight excluding hydrogens is 306 g/mol. The minimum Gasteiger partial charge on any atom is -0.481 e. The number of aliphatic hydroxyl groups excluding tert-OH is 1. The average Bonchev–Trinajstić information content (AvgIpc) is 2.81. The smallest absolute Gasteiger partial charge is 0.217 e. The Morgan fingerprint density at radius 1 is 1.59 bits per heavy atom. The molecule has 0 aliphatic heterocycles. The topological polar surface area (TPSA) is 60.2 Å². The standard InChI is InChI=1S/C10H12BrN3O2S/c1-5-7(10(16-3)14(2)13-5)8(15)9-12-6(11)4-17-9/h4,8,15H,1-3H3. The molecule has 7 heteroatoms. The summed E-state index contributed by atoms with van der Waals surface area (Å²) in [6.07, 6.45) is -0.810. The van der Waals surface area contributed by atoms with E-state index < -0.39 is 6.10 Å². The van der Waals surface area contributed by atoms with Crippen molar-refractivity contribution in [2.24, 2.45) is 7.05 Å². The number of nitrogens with zero attached hydrogens (tertiary/aromatic N) is 3. The lowest BCUT2D eigenvalue weighted by Gasteiger charge is -2.09. The molecule has 2 heterocycles. The molecule has 0 amide bonds. The van der Waals surface area contributed by atoms with E-state index in [1.165, 1.54) is 11.3 Å². The summed E-state index contributed by atoms with van der Waals surface area (Å²) in [5.41, 5.74) is 1.40. The first kappa shape index (κ1) is 12.5. The van der Waals surface area contributed by atoms with Crippen molar-refractivity contribution in [1.82, 2.24) is 14.8 Å². The molecule has 0 radical (unpaired) electrons. The number of aryl methyl sites for hydroxylation is 2. The first-order valence-electron chi connectivity index (χ1n) is 4.91. The van der Waals surface area contributed by atoms with Crippen LogP contribution >= 0.6 is 27.3 Å². The van der Waals surface area contributed by atoms with Crippen LogP contribution in [0.4, 0.5) is 0 Å². The fourth-order valence-corrected chi connectivity index (χ4v) is 2.98. The Hall–Kier alpha value is -0.920. The zero-order valence-corrected chi connectivity index (χ0v) is 12.0. The summed E-state index contributed by atoms with van der Waals surface area (Å²) in [5.74, 6) is 0.557. The highest BCUT2D eigenvalue weighted by Crippen LogP contribution is 2.34. The molecule has 0 aliphatic carbocycles. The van der Waals surface area contributed by atoms with Gasteiger partial charge in [-0.25, -0.2) is 9.67 Å². The maximum atomic E-state index is 10.3. The van der Waals surface area contributed by atoms with Gasteiger partial charge in [-0.15, -0.1) is 11.3 Å². The zero-order valence-electron chi connectivity index (χ0n) is 9.64. The van der Waals surface area contributed by atoms with Crippen LogP contribution in [-0.4, -0.2) is 27.0 Å². The van der Waals surface area contributed by atoms with Gasteiger partial charge in [0.05, 0.1) is 18.4 Å². The highest BCUT2D eigenvalue weighted by molar-refractivity contribution is 9.10. The van der Waals surface area contributed by atoms with Crippen LogP contribution in [-0.2, 0) is 7.05 Å². The number of methoxy groups -OCH3 is 1. The normalized spacial score (nSPS) is 12.8. The molecule has 2 aromatic rings. The molecule has 2 aromatic heterocycles. The van der Waals surface area contributed by atoms with E-state index in [9.17, 15) is 5.11 Å². The van der Waals surface area contributed by atoms with Crippen LogP contribution in [0.2, 0.25) is 0 Å². The van der Waals surface area contributed by atoms with Crippen LogP contribution in [0.3, 0.4) is 0 Å². The molecule has 0 spiro atoms. The van der Waals surface area contributed by atoms with Crippen LogP contribution in [0.5, 0.6) is 5.88 Å². The van der Waals surface area contributed by atoms with Gasteiger partial charge in [-0.1, -0.05) is 0 Å². The predicted molar refractivity (Wildman–Crippen MR) is 68.4 cm³/mol. The number of ether oxygens (including phenoxy) is 1. The summed E-state index contributed by atoms with van der Waals surface area (Å²) in [4.78, 5) is 4.21. The SMILES string of the molecule is COc1c(C(O)c2nc(Br)cs2)c(C)nn1C. The van der Waals surface area contributed by atoms with E-state index in [0.29, 0.717) is 16.5 Å². The number of aromatic nitrogens is 3. The minimum atomic E-state index is -0.810. The quantitative estimate of drug-likeness (QED) is 0.941.